The van der Waals surface area contributed by atoms with Crippen molar-refractivity contribution in [1.29, 1.82) is 0 Å². The van der Waals surface area contributed by atoms with Crippen molar-refractivity contribution < 1.29 is 10.2 Å². The summed E-state index contributed by atoms with van der Waals surface area (Å²) in [5.41, 5.74) is 3.95. The Kier molecular flexibility index (Phi) is 5.93. The number of aromatic hydroxyl groups is 2. The Labute approximate surface area is 191 Å². The Bertz CT molecular complexity index is 993. The van der Waals surface area contributed by atoms with E-state index in [1.54, 1.807) is 12.1 Å². The summed E-state index contributed by atoms with van der Waals surface area (Å²) < 4.78 is 0. The number of fused-ring (bicyclic) bond motifs is 1. The molecular weight excluding hydrogens is 400 g/mol. The summed E-state index contributed by atoms with van der Waals surface area (Å²) in [5.74, 6) is 1.72. The Balaban J connectivity index is 1.68. The average Bonchev–Trinajstić information content (AvgIpc) is 2.72. The quantitative estimate of drug-likeness (QED) is 0.378. The lowest BCUT2D eigenvalue weighted by atomic mass is 9.47. The van der Waals surface area contributed by atoms with Gasteiger partial charge >= 0.3 is 0 Å². The summed E-state index contributed by atoms with van der Waals surface area (Å²) in [7, 11) is 0. The van der Waals surface area contributed by atoms with Crippen molar-refractivity contribution in [1.82, 2.24) is 0 Å². The van der Waals surface area contributed by atoms with E-state index in [1.165, 1.54) is 42.2 Å². The van der Waals surface area contributed by atoms with Crippen LogP contribution in [0.3, 0.4) is 0 Å². The maximum atomic E-state index is 11.2. The molecule has 0 spiro atoms. The van der Waals surface area contributed by atoms with Crippen molar-refractivity contribution in [2.75, 3.05) is 0 Å². The second-order valence-electron chi connectivity index (χ2n) is 10.4. The van der Waals surface area contributed by atoms with Crippen LogP contribution in [0.25, 0.3) is 0 Å². The van der Waals surface area contributed by atoms with Crippen LogP contribution in [0, 0.1) is 29.6 Å². The van der Waals surface area contributed by atoms with Crippen molar-refractivity contribution in [2.45, 2.75) is 76.5 Å². The van der Waals surface area contributed by atoms with E-state index in [4.69, 9.17) is 0 Å². The molecule has 2 aliphatic rings. The first-order valence-corrected chi connectivity index (χ1v) is 12.4. The Morgan fingerprint density at radius 3 is 2.45 bits per heavy atom. The maximum absolute atomic E-state index is 11.2. The fraction of sp³-hybridized carbons (Fsp3) is 0.500. The summed E-state index contributed by atoms with van der Waals surface area (Å²) in [6.45, 7) is 11.6. The SMILES string of the molecule is CC1=CCC[C@H]2[C@](C)(Cc3cc(O)cc(Sc4ccc(C)cc4)c3O)[C@@H](C)CC[C@]12C. The molecule has 0 aliphatic heterocycles. The topological polar surface area (TPSA) is 40.5 Å². The third-order valence-electron chi connectivity index (χ3n) is 8.55. The highest BCUT2D eigenvalue weighted by atomic mass is 32.2. The number of hydrogen-bond acceptors (Lipinski definition) is 3. The van der Waals surface area contributed by atoms with E-state index >= 15 is 0 Å². The summed E-state index contributed by atoms with van der Waals surface area (Å²) in [5, 5.41) is 21.7. The van der Waals surface area contributed by atoms with Gasteiger partial charge in [-0.1, -0.05) is 61.9 Å². The molecule has 2 aromatic carbocycles. The van der Waals surface area contributed by atoms with Crippen molar-refractivity contribution >= 4 is 11.8 Å². The van der Waals surface area contributed by atoms with Crippen molar-refractivity contribution in [3.8, 4) is 11.5 Å². The number of allylic oxidation sites excluding steroid dienone is 2. The first-order valence-electron chi connectivity index (χ1n) is 11.6. The number of rotatable bonds is 4. The zero-order chi connectivity index (χ0) is 22.4. The van der Waals surface area contributed by atoms with E-state index in [0.29, 0.717) is 17.6 Å². The van der Waals surface area contributed by atoms with Gasteiger partial charge in [-0.25, -0.2) is 0 Å². The number of aryl methyl sites for hydroxylation is 1. The van der Waals surface area contributed by atoms with Gasteiger partial charge in [-0.05, 0) is 98.4 Å². The molecule has 2 aromatic rings. The summed E-state index contributed by atoms with van der Waals surface area (Å²) >= 11 is 1.52. The van der Waals surface area contributed by atoms with Gasteiger partial charge in [-0.15, -0.1) is 0 Å². The number of hydrogen-bond donors (Lipinski definition) is 2. The molecular formula is C28H36O2S. The molecule has 1 saturated carbocycles. The molecule has 0 aromatic heterocycles. The zero-order valence-corrected chi connectivity index (χ0v) is 20.4. The summed E-state index contributed by atoms with van der Waals surface area (Å²) in [4.78, 5) is 1.80. The molecule has 0 bridgehead atoms. The molecule has 4 atom stereocenters. The van der Waals surface area contributed by atoms with Crippen LogP contribution in [0.2, 0.25) is 0 Å². The highest BCUT2D eigenvalue weighted by Crippen LogP contribution is 2.61. The van der Waals surface area contributed by atoms with Gasteiger partial charge in [0, 0.05) is 4.90 Å². The van der Waals surface area contributed by atoms with E-state index in [9.17, 15) is 10.2 Å². The van der Waals surface area contributed by atoms with Crippen molar-refractivity contribution in [2.24, 2.45) is 22.7 Å². The van der Waals surface area contributed by atoms with Crippen LogP contribution >= 0.6 is 11.8 Å². The molecule has 0 radical (unpaired) electrons. The summed E-state index contributed by atoms with van der Waals surface area (Å²) in [6, 6.07) is 11.8. The molecule has 0 amide bonds. The van der Waals surface area contributed by atoms with E-state index in [-0.39, 0.29) is 16.6 Å². The van der Waals surface area contributed by atoms with Crippen molar-refractivity contribution in [3.05, 3.63) is 59.2 Å². The van der Waals surface area contributed by atoms with Crippen LogP contribution in [0.4, 0.5) is 0 Å². The smallest absolute Gasteiger partial charge is 0.132 e. The predicted octanol–water partition coefficient (Wildman–Crippen LogP) is 7.90. The average molecular weight is 437 g/mol. The Morgan fingerprint density at radius 2 is 1.74 bits per heavy atom. The van der Waals surface area contributed by atoms with Gasteiger partial charge < -0.3 is 10.2 Å². The first kappa shape index (κ1) is 22.3. The van der Waals surface area contributed by atoms with Crippen molar-refractivity contribution in [3.63, 3.8) is 0 Å². The van der Waals surface area contributed by atoms with E-state index in [2.05, 4.69) is 65.0 Å². The van der Waals surface area contributed by atoms with Gasteiger partial charge in [-0.3, -0.25) is 0 Å². The van der Waals surface area contributed by atoms with Gasteiger partial charge in [0.05, 0.1) is 4.90 Å². The maximum Gasteiger partial charge on any atom is 0.132 e. The molecule has 2 nitrogen and oxygen atoms in total. The van der Waals surface area contributed by atoms with Gasteiger partial charge in [0.1, 0.15) is 11.5 Å². The molecule has 0 saturated heterocycles. The highest BCUT2D eigenvalue weighted by Gasteiger charge is 2.53. The summed E-state index contributed by atoms with van der Waals surface area (Å²) in [6.07, 6.45) is 8.04. The monoisotopic (exact) mass is 436 g/mol. The lowest BCUT2D eigenvalue weighted by molar-refractivity contribution is -0.0412. The lowest BCUT2D eigenvalue weighted by Crippen LogP contribution is -2.50. The van der Waals surface area contributed by atoms with Gasteiger partial charge in [0.25, 0.3) is 0 Å². The molecule has 2 N–H and O–H groups in total. The Hall–Kier alpha value is -1.87. The predicted molar refractivity (Wildman–Crippen MR) is 130 cm³/mol. The zero-order valence-electron chi connectivity index (χ0n) is 19.5. The number of phenols is 2. The van der Waals surface area contributed by atoms with Crippen LogP contribution in [0.5, 0.6) is 11.5 Å². The highest BCUT2D eigenvalue weighted by molar-refractivity contribution is 7.99. The van der Waals surface area contributed by atoms with E-state index < -0.39 is 0 Å². The van der Waals surface area contributed by atoms with Gasteiger partial charge in [-0.2, -0.15) is 0 Å². The number of phenolic OH excluding ortho intramolecular Hbond substituents is 2. The molecule has 4 rings (SSSR count). The minimum Gasteiger partial charge on any atom is -0.508 e. The van der Waals surface area contributed by atoms with Gasteiger partial charge in [0.2, 0.25) is 0 Å². The van der Waals surface area contributed by atoms with Crippen LogP contribution in [-0.4, -0.2) is 10.2 Å². The first-order chi connectivity index (χ1) is 14.6. The van der Waals surface area contributed by atoms with Crippen LogP contribution in [0.15, 0.2) is 57.8 Å². The molecule has 0 unspecified atom stereocenters. The van der Waals surface area contributed by atoms with Crippen LogP contribution in [-0.2, 0) is 6.42 Å². The molecule has 2 aliphatic carbocycles. The van der Waals surface area contributed by atoms with E-state index in [1.807, 2.05) is 0 Å². The minimum absolute atomic E-state index is 0.0829. The third-order valence-corrected chi connectivity index (χ3v) is 9.59. The fourth-order valence-corrected chi connectivity index (χ4v) is 7.15. The van der Waals surface area contributed by atoms with E-state index in [0.717, 1.165) is 28.2 Å². The lowest BCUT2D eigenvalue weighted by Gasteiger charge is -2.58. The molecule has 3 heteroatoms. The fourth-order valence-electron chi connectivity index (χ4n) is 6.21. The Morgan fingerprint density at radius 1 is 1.03 bits per heavy atom. The minimum atomic E-state index is 0.0829. The molecule has 0 heterocycles. The largest absolute Gasteiger partial charge is 0.508 e. The standard InChI is InChI=1S/C28H36O2S/c1-18-9-11-23(12-10-18)31-24-16-22(29)15-21(26(24)30)17-28(5)20(3)13-14-27(4)19(2)7-6-8-25(27)28/h7,9-12,15-16,20,25,29-30H,6,8,13-14,17H2,1-5H3/t20-,25+,27+,28+/m0/s1. The second kappa shape index (κ2) is 8.24. The molecule has 166 valence electrons. The van der Waals surface area contributed by atoms with Gasteiger partial charge in [0.15, 0.2) is 0 Å². The number of benzene rings is 2. The van der Waals surface area contributed by atoms with Crippen LogP contribution < -0.4 is 0 Å². The molecule has 1 fully saturated rings. The van der Waals surface area contributed by atoms with Crippen LogP contribution in [0.1, 0.15) is 64.5 Å². The third kappa shape index (κ3) is 4.02. The second-order valence-corrected chi connectivity index (χ2v) is 11.5. The molecule has 31 heavy (non-hydrogen) atoms. The normalized spacial score (nSPS) is 30.5.